The largest absolute Gasteiger partial charge is 0.333 e. The number of benzene rings is 3. The third-order valence-corrected chi connectivity index (χ3v) is 5.35. The monoisotopic (exact) mass is 386 g/mol. The highest BCUT2D eigenvalue weighted by molar-refractivity contribution is 7.99. The molecule has 0 fully saturated rings. The lowest BCUT2D eigenvalue weighted by molar-refractivity contribution is -0.129. The maximum absolute atomic E-state index is 12.9. The molecule has 28 heavy (non-hydrogen) atoms. The Kier molecular flexibility index (Phi) is 7.29. The molecule has 0 aliphatic rings. The van der Waals surface area contributed by atoms with Gasteiger partial charge in [-0.05, 0) is 28.8 Å². The summed E-state index contributed by atoms with van der Waals surface area (Å²) in [6.07, 6.45) is 0. The van der Waals surface area contributed by atoms with E-state index in [0.29, 0.717) is 24.4 Å². The summed E-state index contributed by atoms with van der Waals surface area (Å²) in [7, 11) is 0. The molecule has 0 atom stereocenters. The number of nitriles is 1. The van der Waals surface area contributed by atoms with Crippen molar-refractivity contribution in [2.75, 3.05) is 5.75 Å². The van der Waals surface area contributed by atoms with E-state index in [1.54, 1.807) is 11.8 Å². The Morgan fingerprint density at radius 2 is 1.32 bits per heavy atom. The summed E-state index contributed by atoms with van der Waals surface area (Å²) in [6, 6.07) is 29.8. The molecule has 3 nitrogen and oxygen atoms in total. The predicted molar refractivity (Wildman–Crippen MR) is 114 cm³/mol. The lowest BCUT2D eigenvalue weighted by atomic mass is 10.1. The fourth-order valence-electron chi connectivity index (χ4n) is 2.86. The molecule has 0 heterocycles. The fourth-order valence-corrected chi connectivity index (χ4v) is 3.75. The molecule has 0 unspecified atom stereocenters. The first-order valence-corrected chi connectivity index (χ1v) is 10.3. The van der Waals surface area contributed by atoms with E-state index < -0.39 is 0 Å². The van der Waals surface area contributed by atoms with E-state index in [1.165, 1.54) is 0 Å². The van der Waals surface area contributed by atoms with Gasteiger partial charge in [0.25, 0.3) is 0 Å². The molecule has 0 bridgehead atoms. The van der Waals surface area contributed by atoms with Crippen LogP contribution in [0.4, 0.5) is 0 Å². The number of hydrogen-bond acceptors (Lipinski definition) is 3. The van der Waals surface area contributed by atoms with Gasteiger partial charge in [0.1, 0.15) is 0 Å². The number of amides is 1. The van der Waals surface area contributed by atoms with Gasteiger partial charge in [-0.25, -0.2) is 0 Å². The molecule has 0 aliphatic heterocycles. The molecule has 0 spiro atoms. The zero-order valence-electron chi connectivity index (χ0n) is 15.6. The van der Waals surface area contributed by atoms with Crippen LogP contribution in [0.1, 0.15) is 22.3 Å². The van der Waals surface area contributed by atoms with Crippen LogP contribution in [0.25, 0.3) is 0 Å². The smallest absolute Gasteiger partial charge is 0.233 e. The molecule has 0 saturated carbocycles. The van der Waals surface area contributed by atoms with Crippen LogP contribution < -0.4 is 0 Å². The maximum Gasteiger partial charge on any atom is 0.233 e. The van der Waals surface area contributed by atoms with Crippen LogP contribution in [-0.2, 0) is 23.6 Å². The number of thioether (sulfide) groups is 1. The third-order valence-electron chi connectivity index (χ3n) is 4.36. The highest BCUT2D eigenvalue weighted by atomic mass is 32.2. The number of carbonyl (C=O) groups excluding carboxylic acids is 1. The van der Waals surface area contributed by atoms with Crippen molar-refractivity contribution in [2.45, 2.75) is 18.8 Å². The highest BCUT2D eigenvalue weighted by Gasteiger charge is 2.15. The number of rotatable bonds is 8. The summed E-state index contributed by atoms with van der Waals surface area (Å²) in [4.78, 5) is 14.8. The minimum atomic E-state index is 0.131. The summed E-state index contributed by atoms with van der Waals surface area (Å²) in [6.45, 7) is 1.21. The molecule has 1 amide bonds. The summed E-state index contributed by atoms with van der Waals surface area (Å²) in [5.41, 5.74) is 4.03. The van der Waals surface area contributed by atoms with Crippen molar-refractivity contribution < 1.29 is 4.79 Å². The fraction of sp³-hybridized carbons (Fsp3) is 0.167. The van der Waals surface area contributed by atoms with E-state index >= 15 is 0 Å². The van der Waals surface area contributed by atoms with Gasteiger partial charge in [0.2, 0.25) is 5.91 Å². The molecule has 0 saturated heterocycles. The van der Waals surface area contributed by atoms with Crippen LogP contribution in [0.2, 0.25) is 0 Å². The van der Waals surface area contributed by atoms with Crippen LogP contribution in [0.3, 0.4) is 0 Å². The Morgan fingerprint density at radius 1 is 0.786 bits per heavy atom. The Balaban J connectivity index is 1.61. The van der Waals surface area contributed by atoms with Gasteiger partial charge in [-0.2, -0.15) is 5.26 Å². The molecule has 0 aliphatic carbocycles. The third kappa shape index (κ3) is 6.00. The van der Waals surface area contributed by atoms with Crippen molar-refractivity contribution in [1.82, 2.24) is 4.90 Å². The normalized spacial score (nSPS) is 10.2. The van der Waals surface area contributed by atoms with E-state index in [-0.39, 0.29) is 5.91 Å². The summed E-state index contributed by atoms with van der Waals surface area (Å²) < 4.78 is 0. The van der Waals surface area contributed by atoms with Gasteiger partial charge in [-0.1, -0.05) is 72.8 Å². The lowest BCUT2D eigenvalue weighted by Gasteiger charge is -2.23. The number of hydrogen-bond donors (Lipinski definition) is 0. The highest BCUT2D eigenvalue weighted by Crippen LogP contribution is 2.16. The zero-order chi connectivity index (χ0) is 19.6. The molecule has 4 heteroatoms. The van der Waals surface area contributed by atoms with E-state index in [9.17, 15) is 4.79 Å². The van der Waals surface area contributed by atoms with Gasteiger partial charge >= 0.3 is 0 Å². The van der Waals surface area contributed by atoms with Gasteiger partial charge in [0, 0.05) is 18.8 Å². The second kappa shape index (κ2) is 10.3. The van der Waals surface area contributed by atoms with Crippen LogP contribution >= 0.6 is 11.8 Å². The van der Waals surface area contributed by atoms with E-state index in [1.807, 2.05) is 65.6 Å². The van der Waals surface area contributed by atoms with E-state index in [2.05, 4.69) is 30.3 Å². The van der Waals surface area contributed by atoms with Crippen molar-refractivity contribution in [2.24, 2.45) is 0 Å². The Bertz CT molecular complexity index is 877. The van der Waals surface area contributed by atoms with Gasteiger partial charge in [-0.3, -0.25) is 4.79 Å². The molecule has 0 N–H and O–H groups in total. The quantitative estimate of drug-likeness (QED) is 0.546. The molecule has 3 aromatic rings. The first kappa shape index (κ1) is 19.7. The van der Waals surface area contributed by atoms with Gasteiger partial charge in [0.05, 0.1) is 17.4 Å². The van der Waals surface area contributed by atoms with Crippen molar-refractivity contribution in [1.29, 1.82) is 5.26 Å². The standard InChI is InChI=1S/C24H22N2OS/c25-15-20-11-13-23(14-12-20)18-28-19-24(27)26(16-21-7-3-1-4-8-21)17-22-9-5-2-6-10-22/h1-14H,16-19H2. The summed E-state index contributed by atoms with van der Waals surface area (Å²) >= 11 is 1.60. The first-order chi connectivity index (χ1) is 13.7. The molecular weight excluding hydrogens is 364 g/mol. The second-order valence-electron chi connectivity index (χ2n) is 6.52. The Labute approximate surface area is 170 Å². The van der Waals surface area contributed by atoms with Crippen LogP contribution in [0.5, 0.6) is 0 Å². The lowest BCUT2D eigenvalue weighted by Crippen LogP contribution is -2.31. The van der Waals surface area contributed by atoms with Crippen molar-refractivity contribution >= 4 is 17.7 Å². The molecular formula is C24H22N2OS. The van der Waals surface area contributed by atoms with Gasteiger partial charge < -0.3 is 4.90 Å². The predicted octanol–water partition coefficient (Wildman–Crippen LogP) is 5.02. The van der Waals surface area contributed by atoms with Gasteiger partial charge in [-0.15, -0.1) is 11.8 Å². The van der Waals surface area contributed by atoms with E-state index in [0.717, 1.165) is 22.4 Å². The molecule has 3 rings (SSSR count). The van der Waals surface area contributed by atoms with Crippen molar-refractivity contribution in [3.05, 3.63) is 107 Å². The zero-order valence-corrected chi connectivity index (χ0v) is 16.4. The molecule has 140 valence electrons. The average molecular weight is 387 g/mol. The van der Waals surface area contributed by atoms with Crippen LogP contribution in [-0.4, -0.2) is 16.6 Å². The Morgan fingerprint density at radius 3 is 1.82 bits per heavy atom. The van der Waals surface area contributed by atoms with Crippen molar-refractivity contribution in [3.63, 3.8) is 0 Å². The number of carbonyl (C=O) groups is 1. The topological polar surface area (TPSA) is 44.1 Å². The summed E-state index contributed by atoms with van der Waals surface area (Å²) in [5.74, 6) is 1.31. The maximum atomic E-state index is 12.9. The summed E-state index contributed by atoms with van der Waals surface area (Å²) in [5, 5.41) is 8.88. The van der Waals surface area contributed by atoms with Crippen LogP contribution in [0, 0.1) is 11.3 Å². The minimum absolute atomic E-state index is 0.131. The minimum Gasteiger partial charge on any atom is -0.333 e. The second-order valence-corrected chi connectivity index (χ2v) is 7.51. The Hall–Kier alpha value is -3.03. The SMILES string of the molecule is N#Cc1ccc(CSCC(=O)N(Cc2ccccc2)Cc2ccccc2)cc1. The van der Waals surface area contributed by atoms with Crippen molar-refractivity contribution in [3.8, 4) is 6.07 Å². The molecule has 0 aromatic heterocycles. The number of nitrogens with zero attached hydrogens (tertiary/aromatic N) is 2. The average Bonchev–Trinajstić information content (AvgIpc) is 2.75. The molecule has 0 radical (unpaired) electrons. The van der Waals surface area contributed by atoms with Gasteiger partial charge in [0.15, 0.2) is 0 Å². The van der Waals surface area contributed by atoms with Crippen LogP contribution in [0.15, 0.2) is 84.9 Å². The van der Waals surface area contributed by atoms with E-state index in [4.69, 9.17) is 5.26 Å². The first-order valence-electron chi connectivity index (χ1n) is 9.17. The molecule has 3 aromatic carbocycles.